The number of rotatable bonds is 26. The van der Waals surface area contributed by atoms with Crippen LogP contribution in [0.25, 0.3) is 62.7 Å². The van der Waals surface area contributed by atoms with E-state index in [0.29, 0.717) is 33.4 Å². The standard InChI is InChI=1S/C14H16N6O4.C12H12N6O4.C10H10Br2O.C10H10N6O.C10H12O.CH4.FH.H2/c1-2-24-14(23)13(22)6-12(21)9-3-4-10(7-17-19-15)11(5-9)8-18-20-16;13-17-15-5-8-2-1-7(3-9(8)6-16-18-14)10(19)4-11(20)12(21)22;1-7(13)8-2-3-9(5-11)10(4-8)6-12;1-7(17)8-2-3-9(5-13-15-11)10(4-8)6-14-16-12;1-7-4-5-10(9(3)11)6-8(7)2;;;/h3-5,13,22H,2,6-8H2,1H3;1-3,11,20H,4-6H2,(H,21,22);2-4H,5-6H2,1H3;2-4H,5-6H2,1H3;4-6H,1-3H3;1H4;2*1H/i;;;;;;;1+1. The molecule has 0 amide bonds. The normalized spacial score (nSPS) is 10.0. The number of ether oxygens (including phenoxy) is 1. The van der Waals surface area contributed by atoms with Crippen LogP contribution in [-0.2, 0) is 64.3 Å². The Morgan fingerprint density at radius 3 is 1.07 bits per heavy atom. The summed E-state index contributed by atoms with van der Waals surface area (Å²) in [6.45, 7) is 10.7. The van der Waals surface area contributed by atoms with Gasteiger partial charge < -0.3 is 20.1 Å². The Labute approximate surface area is 528 Å². The number of carboxylic acids is 1. The van der Waals surface area contributed by atoms with E-state index in [2.05, 4.69) is 96.8 Å². The molecule has 0 fully saturated rings. The molecule has 0 aliphatic heterocycles. The van der Waals surface area contributed by atoms with Crippen molar-refractivity contribution >= 4 is 72.7 Å². The summed E-state index contributed by atoms with van der Waals surface area (Å²) in [7, 11) is 0. The first kappa shape index (κ1) is 81.1. The van der Waals surface area contributed by atoms with Crippen LogP contribution >= 0.6 is 31.9 Å². The summed E-state index contributed by atoms with van der Waals surface area (Å²) in [4.78, 5) is 95.1. The highest BCUT2D eigenvalue weighted by atomic mass is 79.9. The van der Waals surface area contributed by atoms with Gasteiger partial charge in [0, 0.05) is 82.2 Å². The first-order valence-corrected chi connectivity index (χ1v) is 27.8. The zero-order valence-electron chi connectivity index (χ0n) is 48.4. The molecule has 5 aromatic carbocycles. The van der Waals surface area contributed by atoms with Gasteiger partial charge in [0.15, 0.2) is 41.1 Å². The van der Waals surface area contributed by atoms with Crippen LogP contribution in [0.2, 0.25) is 0 Å². The second-order valence-corrected chi connectivity index (χ2v) is 19.0. The number of carboxylic acid groups (broad SMARTS) is 1. The third kappa shape index (κ3) is 30.3. The predicted molar refractivity (Wildman–Crippen MR) is 340 cm³/mol. The fourth-order valence-corrected chi connectivity index (χ4v) is 8.12. The van der Waals surface area contributed by atoms with E-state index in [1.54, 1.807) is 45.0 Å². The molecular weight excluding hydrogens is 1290 g/mol. The van der Waals surface area contributed by atoms with Crippen LogP contribution in [-0.4, -0.2) is 75.0 Å². The number of esters is 1. The lowest BCUT2D eigenvalue weighted by atomic mass is 9.99. The molecule has 0 heterocycles. The summed E-state index contributed by atoms with van der Waals surface area (Å²) in [5.74, 6) is -3.19. The molecule has 0 saturated carbocycles. The number of aryl methyl sites for hydroxylation is 2. The molecule has 0 bridgehead atoms. The highest BCUT2D eigenvalue weighted by molar-refractivity contribution is 9.09. The Bertz CT molecular complexity index is 3600. The molecule has 5 aromatic rings. The number of carbonyl (C=O) groups is 7. The van der Waals surface area contributed by atoms with Crippen LogP contribution in [0.15, 0.2) is 122 Å². The van der Waals surface area contributed by atoms with Crippen molar-refractivity contribution in [2.24, 2.45) is 30.7 Å². The molecule has 0 radical (unpaired) electrons. The highest BCUT2D eigenvalue weighted by Crippen LogP contribution is 2.21. The highest BCUT2D eigenvalue weighted by Gasteiger charge is 2.22. The van der Waals surface area contributed by atoms with Gasteiger partial charge in [-0.05, 0) is 161 Å². The molecule has 2 atom stereocenters. The van der Waals surface area contributed by atoms with E-state index in [9.17, 15) is 43.8 Å². The van der Waals surface area contributed by atoms with E-state index >= 15 is 0 Å². The Hall–Kier alpha value is -9.94. The molecule has 2 unspecified atom stereocenters. The molecule has 0 aromatic heterocycles. The van der Waals surface area contributed by atoms with Gasteiger partial charge in [0.1, 0.15) is 0 Å². The number of alkyl halides is 2. The number of Topliss-reactive ketones (excluding diaryl/α,β-unsaturated/α-hetero) is 5. The Morgan fingerprint density at radius 2 is 0.753 bits per heavy atom. The monoisotopic (exact) mass is 1360 g/mol. The van der Waals surface area contributed by atoms with E-state index in [1.807, 2.05) is 50.2 Å². The van der Waals surface area contributed by atoms with Crippen molar-refractivity contribution in [2.75, 3.05) is 6.61 Å². The lowest BCUT2D eigenvalue weighted by Crippen LogP contribution is -2.26. The summed E-state index contributed by atoms with van der Waals surface area (Å²) in [6.07, 6.45) is -4.31. The lowest BCUT2D eigenvalue weighted by Gasteiger charge is -2.11. The van der Waals surface area contributed by atoms with Crippen molar-refractivity contribution in [2.45, 2.75) is 124 Å². The van der Waals surface area contributed by atoms with Crippen molar-refractivity contribution in [3.05, 3.63) is 237 Å². The molecule has 32 heteroatoms. The van der Waals surface area contributed by atoms with Gasteiger partial charge in [0.05, 0.1) is 45.9 Å². The van der Waals surface area contributed by atoms with Crippen LogP contribution in [0.5, 0.6) is 0 Å². The smallest absolute Gasteiger partial charge is 0.335 e. The minimum absolute atomic E-state index is 0. The fourth-order valence-electron chi connectivity index (χ4n) is 7.05. The van der Waals surface area contributed by atoms with Crippen molar-refractivity contribution < 1.29 is 59.7 Å². The van der Waals surface area contributed by atoms with Gasteiger partial charge in [-0.25, -0.2) is 9.59 Å². The number of halogens is 3. The van der Waals surface area contributed by atoms with Crippen LogP contribution < -0.4 is 0 Å². The van der Waals surface area contributed by atoms with Gasteiger partial charge in [-0.1, -0.05) is 131 Å². The Morgan fingerprint density at radius 1 is 0.461 bits per heavy atom. The molecule has 3 N–H and O–H groups in total. The molecule has 29 nitrogen and oxygen atoms in total. The van der Waals surface area contributed by atoms with E-state index in [4.69, 9.17) is 38.3 Å². The summed E-state index contributed by atoms with van der Waals surface area (Å²) < 4.78 is 4.64. The van der Waals surface area contributed by atoms with E-state index in [0.717, 1.165) is 27.4 Å². The number of ketones is 5. The van der Waals surface area contributed by atoms with Crippen LogP contribution in [0.1, 0.15) is 157 Å². The third-order valence-corrected chi connectivity index (χ3v) is 13.1. The van der Waals surface area contributed by atoms with Gasteiger partial charge in [0.25, 0.3) is 0 Å². The lowest BCUT2D eigenvalue weighted by molar-refractivity contribution is -0.152. The minimum Gasteiger partial charge on any atom is -0.479 e. The van der Waals surface area contributed by atoms with Crippen molar-refractivity contribution in [1.82, 2.24) is 0 Å². The molecule has 89 heavy (non-hydrogen) atoms. The van der Waals surface area contributed by atoms with E-state index in [1.165, 1.54) is 59.5 Å². The van der Waals surface area contributed by atoms with Gasteiger partial charge in [-0.15, -0.1) is 0 Å². The van der Waals surface area contributed by atoms with Crippen molar-refractivity contribution in [3.63, 3.8) is 0 Å². The number of nitrogens with zero attached hydrogens (tertiary/aromatic N) is 18. The van der Waals surface area contributed by atoms with Crippen LogP contribution in [0.4, 0.5) is 4.70 Å². The molecule has 0 aliphatic rings. The fraction of sp³-hybridized carbons (Fsp3) is 0.351. The number of hydrogen-bond acceptors (Lipinski definition) is 16. The maximum Gasteiger partial charge on any atom is 0.335 e. The number of carbonyl (C=O) groups excluding carboxylic acids is 6. The summed E-state index contributed by atoms with van der Waals surface area (Å²) in [5, 5.41) is 49.6. The zero-order valence-corrected chi connectivity index (χ0v) is 51.6. The molecule has 472 valence electrons. The van der Waals surface area contributed by atoms with Gasteiger partial charge in [-0.2, -0.15) is 0 Å². The number of azide groups is 6. The van der Waals surface area contributed by atoms with E-state index < -0.39 is 48.6 Å². The molecule has 5 rings (SSSR count). The average molecular weight is 1360 g/mol. The van der Waals surface area contributed by atoms with Crippen molar-refractivity contribution in [3.8, 4) is 0 Å². The molecular formula is C57H67Br2FN18O11. The topological polar surface area (TPSA) is 482 Å². The maximum absolute atomic E-state index is 12.2. The SMILES string of the molecule is C.CC(=O)c1ccc(C)c(C)c1.CC(=O)c1ccc(CBr)c(CBr)c1.CC(=O)c1ccc(CN=[N+]=[N-])c(CN=[N+]=[N-])c1.CCOC(=O)C(O)CC(=O)c1ccc(CN=[N+]=[N-])c(CN=[N+]=[N-])c1.F.[2HH].[N-]=[N+]=NCc1ccc(C(=O)CC(O)C(=O)O)cc1CN=[N+]=[N-]. The molecule has 0 saturated heterocycles. The summed E-state index contributed by atoms with van der Waals surface area (Å²) in [5.41, 5.74) is 61.0. The molecule has 0 aliphatic carbocycles. The van der Waals surface area contributed by atoms with Gasteiger partial charge in [-0.3, -0.25) is 28.7 Å². The number of benzene rings is 5. The Kier molecular flexibility index (Phi) is 41.4. The first-order valence-electron chi connectivity index (χ1n) is 25.6. The maximum atomic E-state index is 12.2. The third-order valence-electron chi connectivity index (χ3n) is 11.9. The zero-order chi connectivity index (χ0) is 65.4. The summed E-state index contributed by atoms with van der Waals surface area (Å²) >= 11 is 6.81. The van der Waals surface area contributed by atoms with Crippen molar-refractivity contribution in [1.29, 1.82) is 0 Å². The summed E-state index contributed by atoms with van der Waals surface area (Å²) in [6, 6.07) is 25.5. The Balaban J connectivity index is -0.00000107. The largest absolute Gasteiger partial charge is 0.479 e. The number of aliphatic carboxylic acids is 1. The minimum atomic E-state index is -1.78. The van der Waals surface area contributed by atoms with E-state index in [-0.39, 0.29) is 87.9 Å². The molecule has 0 spiro atoms. The van der Waals surface area contributed by atoms with Gasteiger partial charge in [0.2, 0.25) is 0 Å². The van der Waals surface area contributed by atoms with Crippen LogP contribution in [0.3, 0.4) is 0 Å². The number of aliphatic hydroxyl groups excluding tert-OH is 2. The number of hydrogen-bond donors (Lipinski definition) is 3. The van der Waals surface area contributed by atoms with Gasteiger partial charge >= 0.3 is 11.9 Å². The average Bonchev–Trinajstić information content (AvgIpc) is 1.56. The van der Waals surface area contributed by atoms with Crippen LogP contribution in [0, 0.1) is 13.8 Å². The second kappa shape index (κ2) is 45.4. The number of aliphatic hydroxyl groups is 2. The predicted octanol–water partition coefficient (Wildman–Crippen LogP) is 15.9. The first-order chi connectivity index (χ1) is 41.5. The quantitative estimate of drug-likeness (QED) is 0.0117. The second-order valence-electron chi connectivity index (χ2n) is 17.9.